The molecule has 0 spiro atoms. The highest BCUT2D eigenvalue weighted by atomic mass is 32.1. The summed E-state index contributed by atoms with van der Waals surface area (Å²) < 4.78 is 3.90. The SMILES string of the molecule is C=C(C)C(NN)c1snnc1CC. The van der Waals surface area contributed by atoms with Gasteiger partial charge in [0.15, 0.2) is 0 Å². The summed E-state index contributed by atoms with van der Waals surface area (Å²) in [5.41, 5.74) is 4.68. The van der Waals surface area contributed by atoms with Gasteiger partial charge in [-0.15, -0.1) is 5.10 Å². The van der Waals surface area contributed by atoms with Crippen LogP contribution in [-0.2, 0) is 6.42 Å². The van der Waals surface area contributed by atoms with Crippen molar-refractivity contribution in [2.75, 3.05) is 0 Å². The predicted octanol–water partition coefficient (Wildman–Crippen LogP) is 1.18. The van der Waals surface area contributed by atoms with Gasteiger partial charge in [0, 0.05) is 0 Å². The minimum Gasteiger partial charge on any atom is -0.271 e. The van der Waals surface area contributed by atoms with Gasteiger partial charge >= 0.3 is 0 Å². The van der Waals surface area contributed by atoms with Crippen LogP contribution in [0, 0.1) is 0 Å². The summed E-state index contributed by atoms with van der Waals surface area (Å²) in [6.45, 7) is 7.85. The maximum Gasteiger partial charge on any atom is 0.0804 e. The smallest absolute Gasteiger partial charge is 0.0804 e. The van der Waals surface area contributed by atoms with Crippen molar-refractivity contribution in [2.45, 2.75) is 26.3 Å². The Labute approximate surface area is 82.0 Å². The molecule has 0 aliphatic heterocycles. The minimum absolute atomic E-state index is 0.0186. The van der Waals surface area contributed by atoms with Crippen LogP contribution in [0.1, 0.15) is 30.5 Å². The molecule has 13 heavy (non-hydrogen) atoms. The second-order valence-corrected chi connectivity index (χ2v) is 3.67. The van der Waals surface area contributed by atoms with Crippen LogP contribution >= 0.6 is 11.5 Å². The van der Waals surface area contributed by atoms with E-state index >= 15 is 0 Å². The first-order valence-electron chi connectivity index (χ1n) is 4.13. The van der Waals surface area contributed by atoms with E-state index in [4.69, 9.17) is 5.84 Å². The number of nitrogens with zero attached hydrogens (tertiary/aromatic N) is 2. The Morgan fingerprint density at radius 2 is 2.46 bits per heavy atom. The van der Waals surface area contributed by atoms with Crippen molar-refractivity contribution >= 4 is 11.5 Å². The lowest BCUT2D eigenvalue weighted by Gasteiger charge is -2.13. The average Bonchev–Trinajstić information content (AvgIpc) is 2.53. The number of nitrogens with one attached hydrogen (secondary N) is 1. The number of hydrogen-bond acceptors (Lipinski definition) is 5. The second kappa shape index (κ2) is 4.45. The third-order valence-corrected chi connectivity index (χ3v) is 2.67. The molecule has 0 amide bonds. The monoisotopic (exact) mass is 198 g/mol. The summed E-state index contributed by atoms with van der Waals surface area (Å²) in [4.78, 5) is 1.07. The molecule has 0 fully saturated rings. The first kappa shape index (κ1) is 10.3. The predicted molar refractivity (Wildman–Crippen MR) is 54.2 cm³/mol. The number of rotatable bonds is 4. The zero-order valence-corrected chi connectivity index (χ0v) is 8.69. The number of hydrogen-bond donors (Lipinski definition) is 2. The summed E-state index contributed by atoms with van der Waals surface area (Å²) in [5.74, 6) is 5.43. The van der Waals surface area contributed by atoms with Crippen LogP contribution in [0.4, 0.5) is 0 Å². The van der Waals surface area contributed by atoms with Crippen molar-refractivity contribution in [1.29, 1.82) is 0 Å². The summed E-state index contributed by atoms with van der Waals surface area (Å²) in [6, 6.07) is -0.0186. The molecule has 0 radical (unpaired) electrons. The molecule has 0 aliphatic rings. The average molecular weight is 198 g/mol. The van der Waals surface area contributed by atoms with Gasteiger partial charge < -0.3 is 0 Å². The van der Waals surface area contributed by atoms with Crippen molar-refractivity contribution in [3.8, 4) is 0 Å². The fraction of sp³-hybridized carbons (Fsp3) is 0.500. The van der Waals surface area contributed by atoms with Crippen molar-refractivity contribution in [2.24, 2.45) is 5.84 Å². The highest BCUT2D eigenvalue weighted by Crippen LogP contribution is 2.24. The first-order valence-corrected chi connectivity index (χ1v) is 4.90. The van der Waals surface area contributed by atoms with Crippen LogP contribution in [0.25, 0.3) is 0 Å². The quantitative estimate of drug-likeness (QED) is 0.433. The van der Waals surface area contributed by atoms with E-state index in [1.54, 1.807) is 0 Å². The summed E-state index contributed by atoms with van der Waals surface area (Å²) >= 11 is 1.37. The van der Waals surface area contributed by atoms with Crippen LogP contribution < -0.4 is 11.3 Å². The molecule has 1 aromatic heterocycles. The molecular weight excluding hydrogens is 184 g/mol. The second-order valence-electron chi connectivity index (χ2n) is 2.88. The Balaban J connectivity index is 2.96. The van der Waals surface area contributed by atoms with Gasteiger partial charge in [0.2, 0.25) is 0 Å². The standard InChI is InChI=1S/C8H14N4S/c1-4-6-8(13-12-11-6)7(10-9)5(2)3/h7,10H,2,4,9H2,1,3H3. The molecular formula is C8H14N4S. The number of aryl methyl sites for hydroxylation is 1. The van der Waals surface area contributed by atoms with Gasteiger partial charge in [-0.25, -0.2) is 5.43 Å². The molecule has 72 valence electrons. The third-order valence-electron chi connectivity index (χ3n) is 1.84. The molecule has 0 bridgehead atoms. The van der Waals surface area contributed by atoms with Crippen LogP contribution in [0.5, 0.6) is 0 Å². The molecule has 1 atom stereocenters. The molecule has 1 unspecified atom stereocenters. The van der Waals surface area contributed by atoms with E-state index < -0.39 is 0 Å². The maximum absolute atomic E-state index is 5.43. The van der Waals surface area contributed by atoms with E-state index in [1.165, 1.54) is 11.5 Å². The first-order chi connectivity index (χ1) is 6.20. The molecule has 1 heterocycles. The normalized spacial score (nSPS) is 12.8. The Morgan fingerprint density at radius 1 is 1.77 bits per heavy atom. The van der Waals surface area contributed by atoms with Gasteiger partial charge in [-0.3, -0.25) is 5.84 Å². The maximum atomic E-state index is 5.43. The molecule has 0 aromatic carbocycles. The van der Waals surface area contributed by atoms with Crippen LogP contribution in [0.2, 0.25) is 0 Å². The fourth-order valence-electron chi connectivity index (χ4n) is 1.12. The highest BCUT2D eigenvalue weighted by molar-refractivity contribution is 7.05. The zero-order valence-electron chi connectivity index (χ0n) is 7.87. The molecule has 5 heteroatoms. The summed E-state index contributed by atoms with van der Waals surface area (Å²) in [7, 11) is 0. The van der Waals surface area contributed by atoms with Crippen LogP contribution in [-0.4, -0.2) is 9.59 Å². The van der Waals surface area contributed by atoms with E-state index in [0.717, 1.165) is 22.6 Å². The Bertz CT molecular complexity index is 294. The van der Waals surface area contributed by atoms with Crippen molar-refractivity contribution in [3.63, 3.8) is 0 Å². The molecule has 1 rings (SSSR count). The van der Waals surface area contributed by atoms with E-state index in [0.29, 0.717) is 0 Å². The molecule has 0 saturated carbocycles. The van der Waals surface area contributed by atoms with Gasteiger partial charge in [-0.1, -0.05) is 23.6 Å². The fourth-order valence-corrected chi connectivity index (χ4v) is 2.01. The van der Waals surface area contributed by atoms with E-state index in [-0.39, 0.29) is 6.04 Å². The van der Waals surface area contributed by atoms with Crippen molar-refractivity contribution in [3.05, 3.63) is 22.7 Å². The molecule has 4 nitrogen and oxygen atoms in total. The largest absolute Gasteiger partial charge is 0.271 e. The van der Waals surface area contributed by atoms with Gasteiger partial charge in [0.1, 0.15) is 0 Å². The van der Waals surface area contributed by atoms with Crippen molar-refractivity contribution < 1.29 is 0 Å². The Hall–Kier alpha value is -0.780. The van der Waals surface area contributed by atoms with Gasteiger partial charge in [-0.2, -0.15) is 0 Å². The summed E-state index contributed by atoms with van der Waals surface area (Å²) in [5, 5.41) is 4.02. The molecule has 3 N–H and O–H groups in total. The van der Waals surface area contributed by atoms with Gasteiger partial charge in [0.05, 0.1) is 16.6 Å². The van der Waals surface area contributed by atoms with E-state index in [9.17, 15) is 0 Å². The molecule has 1 aromatic rings. The summed E-state index contributed by atoms with van der Waals surface area (Å²) in [6.07, 6.45) is 0.872. The number of nitrogens with two attached hydrogens (primary N) is 1. The Kier molecular flexibility index (Phi) is 3.53. The van der Waals surface area contributed by atoms with Crippen LogP contribution in [0.3, 0.4) is 0 Å². The Morgan fingerprint density at radius 3 is 2.92 bits per heavy atom. The van der Waals surface area contributed by atoms with E-state index in [1.807, 2.05) is 13.8 Å². The molecule has 0 saturated heterocycles. The highest BCUT2D eigenvalue weighted by Gasteiger charge is 2.17. The topological polar surface area (TPSA) is 63.8 Å². The van der Waals surface area contributed by atoms with Gasteiger partial charge in [0.25, 0.3) is 0 Å². The lowest BCUT2D eigenvalue weighted by molar-refractivity contribution is 0.629. The van der Waals surface area contributed by atoms with E-state index in [2.05, 4.69) is 21.6 Å². The number of aromatic nitrogens is 2. The van der Waals surface area contributed by atoms with Gasteiger partial charge in [-0.05, 0) is 24.9 Å². The lowest BCUT2D eigenvalue weighted by atomic mass is 10.1. The molecule has 0 aliphatic carbocycles. The zero-order chi connectivity index (χ0) is 9.84. The minimum atomic E-state index is -0.0186. The lowest BCUT2D eigenvalue weighted by Crippen LogP contribution is -2.28. The van der Waals surface area contributed by atoms with Crippen LogP contribution in [0.15, 0.2) is 12.2 Å². The number of hydrazine groups is 1. The third kappa shape index (κ3) is 2.12. The van der Waals surface area contributed by atoms with Crippen molar-refractivity contribution in [1.82, 2.24) is 15.0 Å².